The summed E-state index contributed by atoms with van der Waals surface area (Å²) in [7, 11) is 0. The van der Waals surface area contributed by atoms with Crippen molar-refractivity contribution in [3.8, 4) is 6.07 Å². The zero-order valence-corrected chi connectivity index (χ0v) is 16.3. The number of carbonyl (C=O) groups is 2. The van der Waals surface area contributed by atoms with Gasteiger partial charge in [-0.05, 0) is 33.9 Å². The number of fused-ring (bicyclic) bond motifs is 2. The van der Waals surface area contributed by atoms with E-state index in [1.54, 1.807) is 6.07 Å². The topological polar surface area (TPSA) is 108 Å². The van der Waals surface area contributed by atoms with Gasteiger partial charge in [-0.1, -0.05) is 44.2 Å². The maximum atomic E-state index is 11.1. The zero-order valence-electron chi connectivity index (χ0n) is 16.3. The Hall–Kier alpha value is -3.17. The molecule has 0 aliphatic carbocycles. The van der Waals surface area contributed by atoms with Crippen LogP contribution in [0, 0.1) is 11.3 Å². The quantitative estimate of drug-likeness (QED) is 0.706. The zero-order chi connectivity index (χ0) is 20.5. The Bertz CT molecular complexity index is 900. The minimum atomic E-state index is 0.0302. The van der Waals surface area contributed by atoms with E-state index in [4.69, 9.17) is 11.0 Å². The summed E-state index contributed by atoms with van der Waals surface area (Å²) in [5, 5.41) is 14.3. The van der Waals surface area contributed by atoms with E-state index in [0.717, 1.165) is 22.3 Å². The van der Waals surface area contributed by atoms with Crippen LogP contribution in [0.25, 0.3) is 0 Å². The number of rotatable bonds is 1. The molecule has 0 unspecified atom stereocenters. The Balaban J connectivity index is 0.000000184. The first-order valence-corrected chi connectivity index (χ1v) is 9.46. The molecule has 2 amide bonds. The molecular weight excluding hydrogens is 352 g/mol. The molecule has 2 aromatic carbocycles. The second kappa shape index (κ2) is 10.2. The van der Waals surface area contributed by atoms with Gasteiger partial charge in [-0.2, -0.15) is 5.26 Å². The van der Waals surface area contributed by atoms with Crippen LogP contribution in [0.2, 0.25) is 0 Å². The average Bonchev–Trinajstić information content (AvgIpc) is 2.74. The molecule has 2 heterocycles. The lowest BCUT2D eigenvalue weighted by Crippen LogP contribution is -2.31. The molecule has 4 N–H and O–H groups in total. The maximum Gasteiger partial charge on any atom is 0.224 e. The minimum absolute atomic E-state index is 0.0302. The van der Waals surface area contributed by atoms with E-state index in [1.165, 1.54) is 5.56 Å². The number of nitrogens with zero attached hydrogens (tertiary/aromatic N) is 1. The number of benzene rings is 2. The number of carbonyl (C=O) groups excluding carboxylic acids is 2. The summed E-state index contributed by atoms with van der Waals surface area (Å²) in [6.07, 6.45) is 0.883. The fourth-order valence-corrected chi connectivity index (χ4v) is 3.23. The summed E-state index contributed by atoms with van der Waals surface area (Å²) in [4.78, 5) is 22.1. The number of nitrogens with two attached hydrogens (primary N) is 1. The normalized spacial score (nSPS) is 13.8. The van der Waals surface area contributed by atoms with Crippen LogP contribution >= 0.6 is 0 Å². The third-order valence-corrected chi connectivity index (χ3v) is 4.61. The highest BCUT2D eigenvalue weighted by Gasteiger charge is 2.17. The SMILES string of the molecule is CC.N#Cc1cccc2c1CNC(=O)C2.NCc1cccc2c1CNC(=O)C2. The van der Waals surface area contributed by atoms with Gasteiger partial charge >= 0.3 is 0 Å². The average molecular weight is 378 g/mol. The molecule has 2 aliphatic heterocycles. The Morgan fingerprint density at radius 3 is 2.04 bits per heavy atom. The van der Waals surface area contributed by atoms with Gasteiger partial charge in [0.2, 0.25) is 11.8 Å². The Kier molecular flexibility index (Phi) is 7.73. The third kappa shape index (κ3) is 4.96. The van der Waals surface area contributed by atoms with E-state index < -0.39 is 0 Å². The number of hydrogen-bond acceptors (Lipinski definition) is 4. The van der Waals surface area contributed by atoms with Crippen molar-refractivity contribution in [3.05, 3.63) is 69.8 Å². The van der Waals surface area contributed by atoms with Gasteiger partial charge in [0, 0.05) is 19.6 Å². The van der Waals surface area contributed by atoms with E-state index in [9.17, 15) is 9.59 Å². The molecule has 4 rings (SSSR count). The van der Waals surface area contributed by atoms with Crippen molar-refractivity contribution in [2.75, 3.05) is 0 Å². The van der Waals surface area contributed by atoms with E-state index >= 15 is 0 Å². The van der Waals surface area contributed by atoms with E-state index in [1.807, 2.05) is 44.2 Å². The molecule has 0 atom stereocenters. The molecule has 0 saturated heterocycles. The summed E-state index contributed by atoms with van der Waals surface area (Å²) >= 11 is 0. The summed E-state index contributed by atoms with van der Waals surface area (Å²) in [6.45, 7) is 5.65. The largest absolute Gasteiger partial charge is 0.352 e. The van der Waals surface area contributed by atoms with Crippen molar-refractivity contribution in [2.24, 2.45) is 5.73 Å². The lowest BCUT2D eigenvalue weighted by atomic mass is 9.96. The first-order chi connectivity index (χ1) is 13.6. The highest BCUT2D eigenvalue weighted by atomic mass is 16.2. The van der Waals surface area contributed by atoms with Crippen molar-refractivity contribution >= 4 is 11.8 Å². The van der Waals surface area contributed by atoms with Crippen molar-refractivity contribution in [1.82, 2.24) is 10.6 Å². The molecule has 28 heavy (non-hydrogen) atoms. The van der Waals surface area contributed by atoms with Crippen molar-refractivity contribution < 1.29 is 9.59 Å². The van der Waals surface area contributed by atoms with Crippen LogP contribution in [-0.2, 0) is 42.1 Å². The van der Waals surface area contributed by atoms with E-state index in [2.05, 4.69) is 16.7 Å². The number of nitriles is 1. The molecule has 0 saturated carbocycles. The van der Waals surface area contributed by atoms with Crippen molar-refractivity contribution in [3.63, 3.8) is 0 Å². The molecule has 0 radical (unpaired) electrons. The molecule has 0 bridgehead atoms. The van der Waals surface area contributed by atoms with Gasteiger partial charge in [0.1, 0.15) is 0 Å². The smallest absolute Gasteiger partial charge is 0.224 e. The second-order valence-electron chi connectivity index (χ2n) is 6.22. The van der Waals surface area contributed by atoms with Crippen LogP contribution < -0.4 is 16.4 Å². The van der Waals surface area contributed by atoms with Gasteiger partial charge in [-0.25, -0.2) is 0 Å². The summed E-state index contributed by atoms with van der Waals surface area (Å²) in [5.74, 6) is 0.129. The summed E-state index contributed by atoms with van der Waals surface area (Å²) in [6, 6.07) is 13.6. The van der Waals surface area contributed by atoms with Crippen LogP contribution in [0.3, 0.4) is 0 Å². The molecule has 2 aromatic rings. The van der Waals surface area contributed by atoms with Gasteiger partial charge < -0.3 is 16.4 Å². The van der Waals surface area contributed by atoms with Crippen LogP contribution in [-0.4, -0.2) is 11.8 Å². The number of hydrogen-bond donors (Lipinski definition) is 3. The molecule has 6 heteroatoms. The monoisotopic (exact) mass is 378 g/mol. The Morgan fingerprint density at radius 1 is 0.929 bits per heavy atom. The van der Waals surface area contributed by atoms with Crippen LogP contribution in [0.1, 0.15) is 47.2 Å². The highest BCUT2D eigenvalue weighted by Crippen LogP contribution is 2.19. The standard InChI is InChI=1S/C10H12N2O.C10H8N2O.C2H6/c2*11-5-8-3-1-2-7-4-10(13)12-6-9(7)8;1-2/h1-3H,4-6,11H2,(H,12,13);1-3H,4,6H2,(H,12,13);1-2H3. The second-order valence-corrected chi connectivity index (χ2v) is 6.22. The molecule has 2 aliphatic rings. The minimum Gasteiger partial charge on any atom is -0.352 e. The molecule has 0 fully saturated rings. The fourth-order valence-electron chi connectivity index (χ4n) is 3.23. The van der Waals surface area contributed by atoms with Crippen molar-refractivity contribution in [2.45, 2.75) is 46.3 Å². The fraction of sp³-hybridized carbons (Fsp3) is 0.318. The van der Waals surface area contributed by atoms with Crippen LogP contribution in [0.4, 0.5) is 0 Å². The van der Waals surface area contributed by atoms with Crippen LogP contribution in [0.15, 0.2) is 36.4 Å². The predicted molar refractivity (Wildman–Crippen MR) is 108 cm³/mol. The highest BCUT2D eigenvalue weighted by molar-refractivity contribution is 5.81. The first kappa shape index (κ1) is 21.1. The predicted octanol–water partition coefficient (Wildman–Crippen LogP) is 2.07. The van der Waals surface area contributed by atoms with Gasteiger partial charge in [0.05, 0.1) is 24.5 Å². The Labute approximate surface area is 165 Å². The van der Waals surface area contributed by atoms with E-state index in [0.29, 0.717) is 38.0 Å². The Morgan fingerprint density at radius 2 is 1.46 bits per heavy atom. The first-order valence-electron chi connectivity index (χ1n) is 9.46. The molecular formula is C22H26N4O2. The lowest BCUT2D eigenvalue weighted by Gasteiger charge is -2.19. The van der Waals surface area contributed by atoms with E-state index in [-0.39, 0.29) is 11.8 Å². The maximum absolute atomic E-state index is 11.1. The van der Waals surface area contributed by atoms with Gasteiger partial charge in [0.25, 0.3) is 0 Å². The number of nitrogens with one attached hydrogen (secondary N) is 2. The molecule has 146 valence electrons. The number of amides is 2. The van der Waals surface area contributed by atoms with Crippen molar-refractivity contribution in [1.29, 1.82) is 5.26 Å². The van der Waals surface area contributed by atoms with Crippen LogP contribution in [0.5, 0.6) is 0 Å². The molecule has 0 spiro atoms. The van der Waals surface area contributed by atoms with Gasteiger partial charge in [0.15, 0.2) is 0 Å². The lowest BCUT2D eigenvalue weighted by molar-refractivity contribution is -0.121. The molecule has 6 nitrogen and oxygen atoms in total. The van der Waals surface area contributed by atoms with Gasteiger partial charge in [-0.15, -0.1) is 0 Å². The summed E-state index contributed by atoms with van der Waals surface area (Å²) in [5.41, 5.74) is 11.7. The molecule has 0 aromatic heterocycles. The third-order valence-electron chi connectivity index (χ3n) is 4.61. The summed E-state index contributed by atoms with van der Waals surface area (Å²) < 4.78 is 0. The van der Waals surface area contributed by atoms with Gasteiger partial charge in [-0.3, -0.25) is 9.59 Å².